The molecule has 5 heteroatoms. The Balaban J connectivity index is 2.14. The molecular formula is C15H25N5. The van der Waals surface area contributed by atoms with E-state index in [1.54, 1.807) is 0 Å². The maximum absolute atomic E-state index is 6.23. The van der Waals surface area contributed by atoms with Crippen molar-refractivity contribution in [3.8, 4) is 0 Å². The highest BCUT2D eigenvalue weighted by atomic mass is 15.4. The van der Waals surface area contributed by atoms with Crippen LogP contribution < -0.4 is 5.73 Å². The van der Waals surface area contributed by atoms with E-state index in [-0.39, 0.29) is 0 Å². The number of nitrogen functional groups attached to an aromatic ring is 1. The van der Waals surface area contributed by atoms with E-state index in [4.69, 9.17) is 5.73 Å². The van der Waals surface area contributed by atoms with Crippen molar-refractivity contribution < 1.29 is 0 Å². The van der Waals surface area contributed by atoms with Crippen LogP contribution in [0.15, 0.2) is 0 Å². The number of fused-ring (bicyclic) bond motifs is 1. The Bertz CT molecular complexity index is 624. The monoisotopic (exact) mass is 275 g/mol. The largest absolute Gasteiger partial charge is 0.369 e. The summed E-state index contributed by atoms with van der Waals surface area (Å²) in [6, 6.07) is 0.464. The molecule has 0 aromatic carbocycles. The molecule has 2 N–H and O–H groups in total. The molecule has 3 atom stereocenters. The first-order valence-corrected chi connectivity index (χ1v) is 7.79. The molecule has 3 unspecified atom stereocenters. The fourth-order valence-corrected chi connectivity index (χ4v) is 3.92. The minimum Gasteiger partial charge on any atom is -0.369 e. The van der Waals surface area contributed by atoms with E-state index >= 15 is 0 Å². The summed E-state index contributed by atoms with van der Waals surface area (Å²) in [6.45, 7) is 9.63. The molecule has 1 saturated carbocycles. The molecule has 1 fully saturated rings. The SMILES string of the molecule is CCC1CCC(n2c(N)nc3c(C)nn(CC)c32)C1C. The Kier molecular flexibility index (Phi) is 3.22. The predicted octanol–water partition coefficient (Wildman–Crippen LogP) is 3.14. The van der Waals surface area contributed by atoms with Gasteiger partial charge in [0.05, 0.1) is 5.69 Å². The third-order valence-corrected chi connectivity index (χ3v) is 5.11. The minimum absolute atomic E-state index is 0.464. The number of hydrogen-bond donors (Lipinski definition) is 1. The van der Waals surface area contributed by atoms with Gasteiger partial charge in [-0.2, -0.15) is 5.10 Å². The third-order valence-electron chi connectivity index (χ3n) is 5.11. The molecule has 1 aliphatic carbocycles. The lowest BCUT2D eigenvalue weighted by molar-refractivity contribution is 0.333. The third kappa shape index (κ3) is 1.75. The summed E-state index contributed by atoms with van der Waals surface area (Å²) in [5.41, 5.74) is 9.28. The van der Waals surface area contributed by atoms with Gasteiger partial charge in [-0.05, 0) is 38.5 Å². The van der Waals surface area contributed by atoms with Crippen LogP contribution in [0.5, 0.6) is 0 Å². The lowest BCUT2D eigenvalue weighted by Crippen LogP contribution is -2.19. The highest BCUT2D eigenvalue weighted by Crippen LogP contribution is 2.44. The number of nitrogens with two attached hydrogens (primary N) is 1. The molecule has 20 heavy (non-hydrogen) atoms. The van der Waals surface area contributed by atoms with Gasteiger partial charge in [0, 0.05) is 12.6 Å². The molecule has 0 bridgehead atoms. The Morgan fingerprint density at radius 2 is 2.05 bits per heavy atom. The summed E-state index contributed by atoms with van der Waals surface area (Å²) < 4.78 is 4.29. The molecule has 1 aliphatic rings. The van der Waals surface area contributed by atoms with Gasteiger partial charge in [-0.25, -0.2) is 9.67 Å². The molecular weight excluding hydrogens is 250 g/mol. The van der Waals surface area contributed by atoms with Crippen LogP contribution in [0.3, 0.4) is 0 Å². The van der Waals surface area contributed by atoms with Crippen molar-refractivity contribution >= 4 is 17.1 Å². The first-order valence-electron chi connectivity index (χ1n) is 7.79. The molecule has 2 aromatic rings. The molecule has 5 nitrogen and oxygen atoms in total. The highest BCUT2D eigenvalue weighted by Gasteiger charge is 2.35. The zero-order valence-electron chi connectivity index (χ0n) is 12.9. The summed E-state index contributed by atoms with van der Waals surface area (Å²) in [5.74, 6) is 2.10. The first kappa shape index (κ1) is 13.5. The van der Waals surface area contributed by atoms with E-state index < -0.39 is 0 Å². The topological polar surface area (TPSA) is 61.7 Å². The molecule has 0 radical (unpaired) electrons. The Hall–Kier alpha value is -1.52. The normalized spacial score (nSPS) is 26.7. The van der Waals surface area contributed by atoms with Crippen LogP contribution in [0.1, 0.15) is 51.8 Å². The molecule has 2 aromatic heterocycles. The molecule has 0 aliphatic heterocycles. The molecule has 0 spiro atoms. The van der Waals surface area contributed by atoms with E-state index in [1.165, 1.54) is 19.3 Å². The highest BCUT2D eigenvalue weighted by molar-refractivity contribution is 5.77. The lowest BCUT2D eigenvalue weighted by Gasteiger charge is -2.22. The molecule has 3 rings (SSSR count). The van der Waals surface area contributed by atoms with Crippen molar-refractivity contribution in [1.82, 2.24) is 19.3 Å². The zero-order valence-corrected chi connectivity index (χ0v) is 12.9. The number of aryl methyl sites for hydroxylation is 2. The minimum atomic E-state index is 0.464. The van der Waals surface area contributed by atoms with Crippen molar-refractivity contribution in [3.63, 3.8) is 0 Å². The molecule has 110 valence electrons. The lowest BCUT2D eigenvalue weighted by atomic mass is 9.93. The standard InChI is InChI=1S/C15H25N5/c1-5-11-7-8-12(9(11)3)20-14-13(17-15(20)16)10(4)18-19(14)6-2/h9,11-12H,5-8H2,1-4H3,(H2,16,17). The second kappa shape index (κ2) is 4.79. The summed E-state index contributed by atoms with van der Waals surface area (Å²) >= 11 is 0. The van der Waals surface area contributed by atoms with Gasteiger partial charge in [-0.15, -0.1) is 0 Å². The summed E-state index contributed by atoms with van der Waals surface area (Å²) in [5, 5.41) is 4.58. The molecule has 2 heterocycles. The van der Waals surface area contributed by atoms with E-state index in [0.717, 1.165) is 29.3 Å². The second-order valence-electron chi connectivity index (χ2n) is 6.09. The summed E-state index contributed by atoms with van der Waals surface area (Å²) in [6.07, 6.45) is 3.74. The average molecular weight is 275 g/mol. The Labute approximate surface area is 120 Å². The number of rotatable bonds is 3. The number of aromatic nitrogens is 4. The molecule has 0 amide bonds. The van der Waals surface area contributed by atoms with Crippen molar-refractivity contribution in [2.45, 2.75) is 59.5 Å². The first-order chi connectivity index (χ1) is 9.58. The Morgan fingerprint density at radius 1 is 1.30 bits per heavy atom. The van der Waals surface area contributed by atoms with Gasteiger partial charge < -0.3 is 5.73 Å². The van der Waals surface area contributed by atoms with Gasteiger partial charge in [0.25, 0.3) is 0 Å². The van der Waals surface area contributed by atoms with Gasteiger partial charge >= 0.3 is 0 Å². The van der Waals surface area contributed by atoms with Crippen molar-refractivity contribution in [3.05, 3.63) is 5.69 Å². The van der Waals surface area contributed by atoms with Crippen LogP contribution in [-0.2, 0) is 6.54 Å². The summed E-state index contributed by atoms with van der Waals surface area (Å²) in [4.78, 5) is 4.57. The average Bonchev–Trinajstić information content (AvgIpc) is 3.04. The van der Waals surface area contributed by atoms with Crippen LogP contribution in [0.2, 0.25) is 0 Å². The maximum Gasteiger partial charge on any atom is 0.202 e. The van der Waals surface area contributed by atoms with Crippen LogP contribution in [-0.4, -0.2) is 19.3 Å². The van der Waals surface area contributed by atoms with E-state index in [0.29, 0.717) is 17.9 Å². The van der Waals surface area contributed by atoms with E-state index in [2.05, 4.69) is 35.4 Å². The van der Waals surface area contributed by atoms with Crippen LogP contribution >= 0.6 is 0 Å². The molecule has 0 saturated heterocycles. The summed E-state index contributed by atoms with van der Waals surface area (Å²) in [7, 11) is 0. The number of hydrogen-bond acceptors (Lipinski definition) is 3. The predicted molar refractivity (Wildman–Crippen MR) is 81.6 cm³/mol. The quantitative estimate of drug-likeness (QED) is 0.936. The number of nitrogens with zero attached hydrogens (tertiary/aromatic N) is 4. The van der Waals surface area contributed by atoms with Crippen molar-refractivity contribution in [1.29, 1.82) is 0 Å². The van der Waals surface area contributed by atoms with Gasteiger partial charge in [0.2, 0.25) is 5.95 Å². The van der Waals surface area contributed by atoms with Crippen molar-refractivity contribution in [2.24, 2.45) is 11.8 Å². The number of imidazole rings is 1. The second-order valence-corrected chi connectivity index (χ2v) is 6.09. The zero-order chi connectivity index (χ0) is 14.4. The number of anilines is 1. The van der Waals surface area contributed by atoms with Crippen LogP contribution in [0, 0.1) is 18.8 Å². The maximum atomic E-state index is 6.23. The smallest absolute Gasteiger partial charge is 0.202 e. The Morgan fingerprint density at radius 3 is 2.65 bits per heavy atom. The fourth-order valence-electron chi connectivity index (χ4n) is 3.92. The van der Waals surface area contributed by atoms with Crippen molar-refractivity contribution in [2.75, 3.05) is 5.73 Å². The van der Waals surface area contributed by atoms with Gasteiger partial charge in [0.1, 0.15) is 5.52 Å². The van der Waals surface area contributed by atoms with Gasteiger partial charge in [0.15, 0.2) is 5.65 Å². The van der Waals surface area contributed by atoms with Crippen LogP contribution in [0.25, 0.3) is 11.2 Å². The van der Waals surface area contributed by atoms with Gasteiger partial charge in [-0.3, -0.25) is 4.57 Å². The van der Waals surface area contributed by atoms with Crippen LogP contribution in [0.4, 0.5) is 5.95 Å². The van der Waals surface area contributed by atoms with E-state index in [9.17, 15) is 0 Å². The van der Waals surface area contributed by atoms with E-state index in [1.807, 2.05) is 11.6 Å². The van der Waals surface area contributed by atoms with Gasteiger partial charge in [-0.1, -0.05) is 20.3 Å². The fraction of sp³-hybridized carbons (Fsp3) is 0.733.